The van der Waals surface area contributed by atoms with Crippen molar-refractivity contribution in [2.75, 3.05) is 0 Å². The van der Waals surface area contributed by atoms with E-state index in [9.17, 15) is 8.78 Å². The molecule has 0 spiro atoms. The number of hydrogen-bond acceptors (Lipinski definition) is 1. The Balaban J connectivity index is 2.66. The van der Waals surface area contributed by atoms with Gasteiger partial charge < -0.3 is 0 Å². The molecule has 0 aromatic carbocycles. The molecule has 0 radical (unpaired) electrons. The third-order valence-electron chi connectivity index (χ3n) is 3.93. The fourth-order valence-electron chi connectivity index (χ4n) is 3.23. The van der Waals surface area contributed by atoms with Crippen LogP contribution in [0.3, 0.4) is 0 Å². The van der Waals surface area contributed by atoms with Gasteiger partial charge in [-0.15, -0.1) is 0 Å². The molecule has 17 heavy (non-hydrogen) atoms. The summed E-state index contributed by atoms with van der Waals surface area (Å²) < 4.78 is 24.7. The van der Waals surface area contributed by atoms with E-state index in [1.54, 1.807) is 0 Å². The van der Waals surface area contributed by atoms with Crippen molar-refractivity contribution in [2.24, 2.45) is 5.92 Å². The summed E-state index contributed by atoms with van der Waals surface area (Å²) in [4.78, 5) is 2.50. The second kappa shape index (κ2) is 6.67. The van der Waals surface area contributed by atoms with Crippen LogP contribution in [-0.2, 0) is 0 Å². The lowest BCUT2D eigenvalue weighted by molar-refractivity contribution is 0.0136. The van der Waals surface area contributed by atoms with Crippen LogP contribution < -0.4 is 0 Å². The minimum absolute atomic E-state index is 0.0543. The molecule has 1 fully saturated rings. The summed E-state index contributed by atoms with van der Waals surface area (Å²) in [5, 5.41) is 0. The largest absolute Gasteiger partial charge is 0.295 e. The predicted molar refractivity (Wildman–Crippen MR) is 68.5 cm³/mol. The van der Waals surface area contributed by atoms with Gasteiger partial charge in [-0.25, -0.2) is 8.78 Å². The molecule has 0 aromatic rings. The number of hydrogen-bond donors (Lipinski definition) is 0. The number of nitrogens with zero attached hydrogens (tertiary/aromatic N) is 1. The van der Waals surface area contributed by atoms with Crippen molar-refractivity contribution >= 4 is 0 Å². The first-order valence-corrected chi connectivity index (χ1v) is 6.99. The van der Waals surface area contributed by atoms with Crippen LogP contribution in [0.1, 0.15) is 59.8 Å². The minimum atomic E-state index is -2.15. The van der Waals surface area contributed by atoms with Crippen molar-refractivity contribution in [1.82, 2.24) is 4.90 Å². The standard InChI is InChI=1S/C14H27F2N/c1-10(2)13-7-5-6-12(8-9-14(15)16)17(13)11(3)4/h10-14H,5-9H2,1-4H3. The molecule has 1 saturated heterocycles. The molecule has 1 nitrogen and oxygen atoms in total. The molecule has 2 atom stereocenters. The highest BCUT2D eigenvalue weighted by Crippen LogP contribution is 2.32. The van der Waals surface area contributed by atoms with Gasteiger partial charge in [0.25, 0.3) is 0 Å². The van der Waals surface area contributed by atoms with Gasteiger partial charge in [-0.1, -0.05) is 20.3 Å². The summed E-state index contributed by atoms with van der Waals surface area (Å²) >= 11 is 0. The van der Waals surface area contributed by atoms with E-state index >= 15 is 0 Å². The molecule has 1 heterocycles. The molecule has 102 valence electrons. The first kappa shape index (κ1) is 14.9. The van der Waals surface area contributed by atoms with Crippen LogP contribution in [0.5, 0.6) is 0 Å². The zero-order chi connectivity index (χ0) is 13.0. The molecule has 1 rings (SSSR count). The Labute approximate surface area is 105 Å². The van der Waals surface area contributed by atoms with Crippen LogP contribution in [0.15, 0.2) is 0 Å². The average Bonchev–Trinajstić information content (AvgIpc) is 2.25. The van der Waals surface area contributed by atoms with Crippen LogP contribution in [0.2, 0.25) is 0 Å². The van der Waals surface area contributed by atoms with Crippen molar-refractivity contribution in [2.45, 2.75) is 84.4 Å². The molecule has 0 saturated carbocycles. The van der Waals surface area contributed by atoms with Crippen LogP contribution in [-0.4, -0.2) is 29.5 Å². The average molecular weight is 247 g/mol. The fourth-order valence-corrected chi connectivity index (χ4v) is 3.23. The van der Waals surface area contributed by atoms with E-state index in [1.807, 2.05) is 0 Å². The van der Waals surface area contributed by atoms with Crippen LogP contribution in [0.4, 0.5) is 8.78 Å². The molecular formula is C14H27F2N. The summed E-state index contributed by atoms with van der Waals surface area (Å²) in [7, 11) is 0. The predicted octanol–water partition coefficient (Wildman–Crippen LogP) is 4.32. The molecular weight excluding hydrogens is 220 g/mol. The summed E-state index contributed by atoms with van der Waals surface area (Å²) in [6.07, 6.45) is 2.07. The summed E-state index contributed by atoms with van der Waals surface area (Å²) in [6.45, 7) is 8.87. The normalized spacial score (nSPS) is 27.4. The molecule has 1 aliphatic rings. The summed E-state index contributed by atoms with van der Waals surface area (Å²) in [5.74, 6) is 0.617. The lowest BCUT2D eigenvalue weighted by Crippen LogP contribution is -2.52. The minimum Gasteiger partial charge on any atom is -0.295 e. The smallest absolute Gasteiger partial charge is 0.238 e. The number of piperidine rings is 1. The quantitative estimate of drug-likeness (QED) is 0.699. The third-order valence-corrected chi connectivity index (χ3v) is 3.93. The van der Waals surface area contributed by atoms with Crippen molar-refractivity contribution in [3.63, 3.8) is 0 Å². The van der Waals surface area contributed by atoms with E-state index in [0.717, 1.165) is 6.42 Å². The number of rotatable bonds is 5. The topological polar surface area (TPSA) is 3.24 Å². The van der Waals surface area contributed by atoms with Crippen LogP contribution >= 0.6 is 0 Å². The van der Waals surface area contributed by atoms with Crippen molar-refractivity contribution in [3.8, 4) is 0 Å². The number of halogens is 2. The SMILES string of the molecule is CC(C)C1CCCC(CCC(F)F)N1C(C)C. The zero-order valence-corrected chi connectivity index (χ0v) is 11.6. The Bertz CT molecular complexity index is 216. The molecule has 0 N–H and O–H groups in total. The lowest BCUT2D eigenvalue weighted by atomic mass is 9.86. The fraction of sp³-hybridized carbons (Fsp3) is 1.00. The van der Waals surface area contributed by atoms with Gasteiger partial charge in [0.2, 0.25) is 6.43 Å². The van der Waals surface area contributed by atoms with Gasteiger partial charge in [0.1, 0.15) is 0 Å². The van der Waals surface area contributed by atoms with Crippen LogP contribution in [0.25, 0.3) is 0 Å². The highest BCUT2D eigenvalue weighted by molar-refractivity contribution is 4.88. The van der Waals surface area contributed by atoms with Gasteiger partial charge in [0.15, 0.2) is 0 Å². The van der Waals surface area contributed by atoms with Crippen molar-refractivity contribution in [3.05, 3.63) is 0 Å². The first-order valence-electron chi connectivity index (χ1n) is 6.99. The van der Waals surface area contributed by atoms with Gasteiger partial charge in [0, 0.05) is 24.5 Å². The maximum Gasteiger partial charge on any atom is 0.238 e. The van der Waals surface area contributed by atoms with E-state index < -0.39 is 6.43 Å². The molecule has 0 aliphatic carbocycles. The van der Waals surface area contributed by atoms with Gasteiger partial charge in [0.05, 0.1) is 0 Å². The van der Waals surface area contributed by atoms with E-state index in [2.05, 4.69) is 32.6 Å². The van der Waals surface area contributed by atoms with E-state index in [0.29, 0.717) is 30.5 Å². The van der Waals surface area contributed by atoms with E-state index in [-0.39, 0.29) is 6.42 Å². The third kappa shape index (κ3) is 4.20. The van der Waals surface area contributed by atoms with Crippen molar-refractivity contribution in [1.29, 1.82) is 0 Å². The van der Waals surface area contributed by atoms with E-state index in [4.69, 9.17) is 0 Å². The Morgan fingerprint density at radius 2 is 1.76 bits per heavy atom. The Morgan fingerprint density at radius 1 is 1.12 bits per heavy atom. The molecule has 0 bridgehead atoms. The molecule has 0 amide bonds. The maximum atomic E-state index is 12.4. The highest BCUT2D eigenvalue weighted by atomic mass is 19.3. The van der Waals surface area contributed by atoms with Gasteiger partial charge >= 0.3 is 0 Å². The Hall–Kier alpha value is -0.180. The second-order valence-corrected chi connectivity index (χ2v) is 5.91. The Kier molecular flexibility index (Phi) is 5.84. The highest BCUT2D eigenvalue weighted by Gasteiger charge is 2.33. The van der Waals surface area contributed by atoms with Gasteiger partial charge in [-0.3, -0.25) is 4.90 Å². The Morgan fingerprint density at radius 3 is 2.24 bits per heavy atom. The number of likely N-dealkylation sites (tertiary alicyclic amines) is 1. The molecule has 0 aromatic heterocycles. The second-order valence-electron chi connectivity index (χ2n) is 5.91. The summed E-state index contributed by atoms with van der Waals surface area (Å²) in [6, 6.07) is 1.40. The molecule has 1 aliphatic heterocycles. The monoisotopic (exact) mass is 247 g/mol. The number of alkyl halides is 2. The van der Waals surface area contributed by atoms with E-state index in [1.165, 1.54) is 12.8 Å². The molecule has 3 heteroatoms. The van der Waals surface area contributed by atoms with Gasteiger partial charge in [-0.2, -0.15) is 0 Å². The van der Waals surface area contributed by atoms with Gasteiger partial charge in [-0.05, 0) is 39.0 Å². The van der Waals surface area contributed by atoms with Crippen LogP contribution in [0, 0.1) is 5.92 Å². The first-order chi connectivity index (χ1) is 7.93. The zero-order valence-electron chi connectivity index (χ0n) is 11.6. The maximum absolute atomic E-state index is 12.4. The van der Waals surface area contributed by atoms with Crippen molar-refractivity contribution < 1.29 is 8.78 Å². The summed E-state index contributed by atoms with van der Waals surface area (Å²) in [5.41, 5.74) is 0. The molecule has 2 unspecified atom stereocenters. The lowest BCUT2D eigenvalue weighted by Gasteiger charge is -2.47.